The molecule has 0 unspecified atom stereocenters. The molecule has 2 aliphatic rings. The SMILES string of the molecule is CC(C)NC(=O)N(C)C[C@H]1Oc2c(NC(=O)C3CC3)cccc2C(=O)N([C@H](C)CO)C[C@H]1C. The van der Waals surface area contributed by atoms with Gasteiger partial charge in [-0.2, -0.15) is 0 Å². The highest BCUT2D eigenvalue weighted by Crippen LogP contribution is 2.37. The molecule has 9 nitrogen and oxygen atoms in total. The van der Waals surface area contributed by atoms with Crippen molar-refractivity contribution in [3.8, 4) is 5.75 Å². The molecule has 1 aromatic carbocycles. The van der Waals surface area contributed by atoms with Gasteiger partial charge in [0.25, 0.3) is 5.91 Å². The van der Waals surface area contributed by atoms with Gasteiger partial charge < -0.3 is 30.3 Å². The number of para-hydroxylation sites is 1. The number of rotatable bonds is 7. The number of hydrogen-bond acceptors (Lipinski definition) is 5. The first kappa shape index (κ1) is 24.8. The summed E-state index contributed by atoms with van der Waals surface area (Å²) in [7, 11) is 1.70. The summed E-state index contributed by atoms with van der Waals surface area (Å²) in [6.07, 6.45) is 1.28. The number of likely N-dealkylation sites (N-methyl/N-ethyl adjacent to an activating group) is 1. The summed E-state index contributed by atoms with van der Waals surface area (Å²) in [5.74, 6) is -0.180. The van der Waals surface area contributed by atoms with Crippen LogP contribution in [-0.4, -0.2) is 77.7 Å². The monoisotopic (exact) mass is 460 g/mol. The fourth-order valence-electron chi connectivity index (χ4n) is 3.85. The van der Waals surface area contributed by atoms with Gasteiger partial charge in [0.05, 0.1) is 30.4 Å². The topological polar surface area (TPSA) is 111 Å². The van der Waals surface area contributed by atoms with Crippen molar-refractivity contribution in [2.45, 2.75) is 58.7 Å². The van der Waals surface area contributed by atoms with Crippen molar-refractivity contribution in [2.75, 3.05) is 32.1 Å². The minimum absolute atomic E-state index is 0.000827. The number of ether oxygens (including phenoxy) is 1. The van der Waals surface area contributed by atoms with Gasteiger partial charge in [0.1, 0.15) is 6.10 Å². The summed E-state index contributed by atoms with van der Waals surface area (Å²) in [6, 6.07) is 4.51. The number of amides is 4. The quantitative estimate of drug-likeness (QED) is 0.578. The number of carbonyl (C=O) groups excluding carboxylic acids is 3. The van der Waals surface area contributed by atoms with Gasteiger partial charge in [0.2, 0.25) is 5.91 Å². The number of urea groups is 1. The van der Waals surface area contributed by atoms with E-state index in [-0.39, 0.29) is 42.3 Å². The predicted molar refractivity (Wildman–Crippen MR) is 125 cm³/mol. The number of fused-ring (bicyclic) bond motifs is 1. The van der Waals surface area contributed by atoms with Crippen molar-refractivity contribution >= 4 is 23.5 Å². The van der Waals surface area contributed by atoms with Crippen molar-refractivity contribution in [2.24, 2.45) is 11.8 Å². The molecule has 1 heterocycles. The van der Waals surface area contributed by atoms with Crippen molar-refractivity contribution in [3.05, 3.63) is 23.8 Å². The number of nitrogens with zero attached hydrogens (tertiary/aromatic N) is 2. The average molecular weight is 461 g/mol. The van der Waals surface area contributed by atoms with Crippen LogP contribution >= 0.6 is 0 Å². The molecule has 3 rings (SSSR count). The van der Waals surface area contributed by atoms with E-state index >= 15 is 0 Å². The smallest absolute Gasteiger partial charge is 0.317 e. The summed E-state index contributed by atoms with van der Waals surface area (Å²) in [5, 5.41) is 15.6. The Balaban J connectivity index is 1.96. The molecule has 9 heteroatoms. The lowest BCUT2D eigenvalue weighted by Crippen LogP contribution is -2.51. The van der Waals surface area contributed by atoms with Crippen LogP contribution in [0.5, 0.6) is 5.75 Å². The summed E-state index contributed by atoms with van der Waals surface area (Å²) >= 11 is 0. The van der Waals surface area contributed by atoms with E-state index in [4.69, 9.17) is 4.74 Å². The van der Waals surface area contributed by atoms with Crippen molar-refractivity contribution in [1.29, 1.82) is 0 Å². The molecule has 0 aromatic heterocycles. The van der Waals surface area contributed by atoms with Crippen molar-refractivity contribution in [1.82, 2.24) is 15.1 Å². The van der Waals surface area contributed by atoms with E-state index < -0.39 is 12.1 Å². The number of carbonyl (C=O) groups is 3. The van der Waals surface area contributed by atoms with Gasteiger partial charge in [0.15, 0.2) is 5.75 Å². The largest absolute Gasteiger partial charge is 0.485 e. The van der Waals surface area contributed by atoms with Gasteiger partial charge in [-0.25, -0.2) is 4.79 Å². The molecule has 0 bridgehead atoms. The molecule has 182 valence electrons. The van der Waals surface area contributed by atoms with E-state index in [9.17, 15) is 19.5 Å². The Morgan fingerprint density at radius 3 is 2.58 bits per heavy atom. The molecule has 3 atom stereocenters. The lowest BCUT2D eigenvalue weighted by Gasteiger charge is -2.38. The maximum Gasteiger partial charge on any atom is 0.317 e. The Hall–Kier alpha value is -2.81. The number of nitrogens with one attached hydrogen (secondary N) is 2. The van der Waals surface area contributed by atoms with Crippen molar-refractivity contribution in [3.63, 3.8) is 0 Å². The summed E-state index contributed by atoms with van der Waals surface area (Å²) in [4.78, 5) is 41.6. The highest BCUT2D eigenvalue weighted by atomic mass is 16.5. The second kappa shape index (κ2) is 10.4. The molecule has 4 amide bonds. The van der Waals surface area contributed by atoms with Crippen LogP contribution in [0.2, 0.25) is 0 Å². The number of aliphatic hydroxyl groups is 1. The third kappa shape index (κ3) is 5.96. The summed E-state index contributed by atoms with van der Waals surface area (Å²) in [6.45, 7) is 8.02. The zero-order valence-corrected chi connectivity index (χ0v) is 20.1. The van der Waals surface area contributed by atoms with Gasteiger partial charge in [-0.15, -0.1) is 0 Å². The average Bonchev–Trinajstić information content (AvgIpc) is 3.61. The normalized spacial score (nSPS) is 21.4. The Morgan fingerprint density at radius 2 is 1.97 bits per heavy atom. The maximum absolute atomic E-state index is 13.4. The van der Waals surface area contributed by atoms with Gasteiger partial charge in [0, 0.05) is 31.5 Å². The van der Waals surface area contributed by atoms with Crippen LogP contribution in [0.3, 0.4) is 0 Å². The third-order valence-corrected chi connectivity index (χ3v) is 6.11. The zero-order valence-electron chi connectivity index (χ0n) is 20.1. The Labute approximate surface area is 195 Å². The van der Waals surface area contributed by atoms with Crippen LogP contribution in [0.1, 0.15) is 50.9 Å². The van der Waals surface area contributed by atoms with E-state index in [0.29, 0.717) is 30.1 Å². The van der Waals surface area contributed by atoms with Crippen LogP contribution in [-0.2, 0) is 4.79 Å². The highest BCUT2D eigenvalue weighted by Gasteiger charge is 2.36. The zero-order chi connectivity index (χ0) is 24.3. The van der Waals surface area contributed by atoms with Crippen LogP contribution in [0.15, 0.2) is 18.2 Å². The Kier molecular flexibility index (Phi) is 7.84. The molecule has 0 saturated heterocycles. The van der Waals surface area contributed by atoms with E-state index in [0.717, 1.165) is 12.8 Å². The van der Waals surface area contributed by atoms with Gasteiger partial charge in [-0.3, -0.25) is 9.59 Å². The number of benzene rings is 1. The molecule has 1 aliphatic carbocycles. The molecule has 0 spiro atoms. The van der Waals surface area contributed by atoms with Crippen LogP contribution in [0.25, 0.3) is 0 Å². The first-order valence-electron chi connectivity index (χ1n) is 11.7. The molecule has 33 heavy (non-hydrogen) atoms. The van der Waals surface area contributed by atoms with E-state index in [2.05, 4.69) is 10.6 Å². The molecule has 1 saturated carbocycles. The molecule has 3 N–H and O–H groups in total. The van der Waals surface area contributed by atoms with E-state index in [1.165, 1.54) is 0 Å². The van der Waals surface area contributed by atoms with E-state index in [1.54, 1.807) is 42.0 Å². The van der Waals surface area contributed by atoms with Gasteiger partial charge >= 0.3 is 6.03 Å². The Bertz CT molecular complexity index is 886. The maximum atomic E-state index is 13.4. The minimum atomic E-state index is -0.438. The highest BCUT2D eigenvalue weighted by molar-refractivity contribution is 6.02. The molecule has 0 radical (unpaired) electrons. The fraction of sp³-hybridized carbons (Fsp3) is 0.625. The van der Waals surface area contributed by atoms with Crippen LogP contribution in [0, 0.1) is 11.8 Å². The van der Waals surface area contributed by atoms with Crippen LogP contribution < -0.4 is 15.4 Å². The van der Waals surface area contributed by atoms with Crippen molar-refractivity contribution < 1.29 is 24.2 Å². The second-order valence-electron chi connectivity index (χ2n) is 9.55. The predicted octanol–water partition coefficient (Wildman–Crippen LogP) is 2.30. The summed E-state index contributed by atoms with van der Waals surface area (Å²) in [5.41, 5.74) is 0.776. The van der Waals surface area contributed by atoms with Crippen LogP contribution in [0.4, 0.5) is 10.5 Å². The first-order valence-corrected chi connectivity index (χ1v) is 11.7. The summed E-state index contributed by atoms with van der Waals surface area (Å²) < 4.78 is 6.39. The molecule has 1 aliphatic heterocycles. The molecular weight excluding hydrogens is 424 g/mol. The number of aliphatic hydroxyl groups excluding tert-OH is 1. The Morgan fingerprint density at radius 1 is 1.27 bits per heavy atom. The lowest BCUT2D eigenvalue weighted by atomic mass is 9.99. The number of anilines is 1. The molecule has 1 aromatic rings. The lowest BCUT2D eigenvalue weighted by molar-refractivity contribution is -0.117. The standard InChI is InChI=1S/C24H36N4O5/c1-14(2)25-24(32)27(5)12-20-15(3)11-28(16(4)13-29)23(31)18-7-6-8-19(21(18)33-20)26-22(30)17-9-10-17/h6-8,14-17,20,29H,9-13H2,1-5H3,(H,25,32)(H,26,30)/t15-,16-,20-/m1/s1. The number of hydrogen-bond donors (Lipinski definition) is 3. The van der Waals surface area contributed by atoms with E-state index in [1.807, 2.05) is 20.8 Å². The minimum Gasteiger partial charge on any atom is -0.485 e. The first-order chi connectivity index (χ1) is 15.6. The fourth-order valence-corrected chi connectivity index (χ4v) is 3.85. The second-order valence-corrected chi connectivity index (χ2v) is 9.55. The third-order valence-electron chi connectivity index (χ3n) is 6.11. The molecular formula is C24H36N4O5. The molecule has 1 fully saturated rings. The van der Waals surface area contributed by atoms with Gasteiger partial charge in [-0.05, 0) is 45.7 Å². The van der Waals surface area contributed by atoms with Gasteiger partial charge in [-0.1, -0.05) is 13.0 Å².